The summed E-state index contributed by atoms with van der Waals surface area (Å²) < 4.78 is 5.30. The van der Waals surface area contributed by atoms with Crippen LogP contribution in [0.2, 0.25) is 0 Å². The number of nitrogens with one attached hydrogen (secondary N) is 2. The first-order valence-electron chi connectivity index (χ1n) is 5.91. The second-order valence-corrected chi connectivity index (χ2v) is 4.87. The third kappa shape index (κ3) is 2.53. The van der Waals surface area contributed by atoms with E-state index in [0.29, 0.717) is 31.9 Å². The van der Waals surface area contributed by atoms with Crippen molar-refractivity contribution in [1.29, 1.82) is 0 Å². The number of carbonyl (C=O) groups is 1. The Hall–Kier alpha value is -0.650. The summed E-state index contributed by atoms with van der Waals surface area (Å²) in [5.74, 6) is 0.492. The van der Waals surface area contributed by atoms with Crippen molar-refractivity contribution >= 4 is 5.91 Å². The average molecular weight is 228 g/mol. The van der Waals surface area contributed by atoms with Gasteiger partial charge in [-0.25, -0.2) is 0 Å². The average Bonchev–Trinajstić information content (AvgIpc) is 2.51. The number of ether oxygens (including phenoxy) is 1. The molecule has 0 aromatic heterocycles. The molecule has 0 aromatic rings. The highest BCUT2D eigenvalue weighted by Crippen LogP contribution is 2.24. The first kappa shape index (κ1) is 11.8. The van der Waals surface area contributed by atoms with Crippen molar-refractivity contribution in [3.8, 4) is 0 Å². The largest absolute Gasteiger partial charge is 0.385 e. The van der Waals surface area contributed by atoms with E-state index in [9.17, 15) is 9.90 Å². The van der Waals surface area contributed by atoms with Gasteiger partial charge in [-0.2, -0.15) is 0 Å². The van der Waals surface area contributed by atoms with Crippen molar-refractivity contribution in [2.24, 2.45) is 5.92 Å². The zero-order chi connectivity index (χ0) is 11.6. The molecule has 2 rings (SSSR count). The van der Waals surface area contributed by atoms with E-state index in [1.807, 2.05) is 6.92 Å². The normalized spacial score (nSPS) is 34.8. The van der Waals surface area contributed by atoms with E-state index in [-0.39, 0.29) is 12.0 Å². The zero-order valence-corrected chi connectivity index (χ0v) is 9.66. The van der Waals surface area contributed by atoms with Gasteiger partial charge in [-0.3, -0.25) is 4.79 Å². The van der Waals surface area contributed by atoms with Crippen molar-refractivity contribution < 1.29 is 14.6 Å². The fraction of sp³-hybridized carbons (Fsp3) is 0.909. The molecule has 3 N–H and O–H groups in total. The number of hydrogen-bond donors (Lipinski definition) is 3. The van der Waals surface area contributed by atoms with E-state index in [0.717, 1.165) is 13.1 Å². The van der Waals surface area contributed by atoms with Gasteiger partial charge >= 0.3 is 0 Å². The molecule has 0 saturated carbocycles. The summed E-state index contributed by atoms with van der Waals surface area (Å²) in [6.07, 6.45) is 0.954. The Morgan fingerprint density at radius 3 is 2.88 bits per heavy atom. The third-order valence-electron chi connectivity index (χ3n) is 3.59. The van der Waals surface area contributed by atoms with Crippen LogP contribution >= 0.6 is 0 Å². The van der Waals surface area contributed by atoms with Crippen LogP contribution in [-0.2, 0) is 9.53 Å². The molecule has 92 valence electrons. The molecular formula is C11H20N2O3. The highest BCUT2D eigenvalue weighted by atomic mass is 16.5. The maximum atomic E-state index is 11.6. The Kier molecular flexibility index (Phi) is 3.47. The molecule has 5 heteroatoms. The Labute approximate surface area is 95.5 Å². The minimum absolute atomic E-state index is 0.0269. The molecule has 0 radical (unpaired) electrons. The van der Waals surface area contributed by atoms with Crippen LogP contribution in [0.4, 0.5) is 0 Å². The standard InChI is InChI=1S/C11H20N2O3/c1-8-11(15,2-3-16-8)7-13-10(14)4-9-5-12-6-9/h8-9,12,15H,2-7H2,1H3,(H,13,14). The first-order chi connectivity index (χ1) is 7.60. The summed E-state index contributed by atoms with van der Waals surface area (Å²) in [5, 5.41) is 16.1. The van der Waals surface area contributed by atoms with Crippen molar-refractivity contribution in [3.05, 3.63) is 0 Å². The lowest BCUT2D eigenvalue weighted by molar-refractivity contribution is -0.124. The highest BCUT2D eigenvalue weighted by Gasteiger charge is 2.39. The predicted molar refractivity (Wildman–Crippen MR) is 59.0 cm³/mol. The molecule has 1 amide bonds. The quantitative estimate of drug-likeness (QED) is 0.592. The van der Waals surface area contributed by atoms with Gasteiger partial charge in [0.15, 0.2) is 0 Å². The number of aliphatic hydroxyl groups is 1. The third-order valence-corrected chi connectivity index (χ3v) is 3.59. The molecule has 2 heterocycles. The smallest absolute Gasteiger partial charge is 0.220 e. The van der Waals surface area contributed by atoms with Crippen molar-refractivity contribution in [3.63, 3.8) is 0 Å². The zero-order valence-electron chi connectivity index (χ0n) is 9.66. The minimum Gasteiger partial charge on any atom is -0.385 e. The van der Waals surface area contributed by atoms with Crippen LogP contribution in [0.15, 0.2) is 0 Å². The van der Waals surface area contributed by atoms with E-state index in [4.69, 9.17) is 4.74 Å². The van der Waals surface area contributed by atoms with Crippen LogP contribution in [0.25, 0.3) is 0 Å². The van der Waals surface area contributed by atoms with Crippen LogP contribution in [0, 0.1) is 5.92 Å². The van der Waals surface area contributed by atoms with Crippen molar-refractivity contribution in [2.45, 2.75) is 31.5 Å². The summed E-state index contributed by atoms with van der Waals surface area (Å²) in [5.41, 5.74) is -0.881. The van der Waals surface area contributed by atoms with Crippen LogP contribution in [0.5, 0.6) is 0 Å². The Morgan fingerprint density at radius 1 is 1.62 bits per heavy atom. The van der Waals surface area contributed by atoms with Crippen LogP contribution in [0.1, 0.15) is 19.8 Å². The first-order valence-corrected chi connectivity index (χ1v) is 5.91. The summed E-state index contributed by atoms with van der Waals surface area (Å²) in [7, 11) is 0. The highest BCUT2D eigenvalue weighted by molar-refractivity contribution is 5.76. The molecule has 16 heavy (non-hydrogen) atoms. The number of amides is 1. The van der Waals surface area contributed by atoms with E-state index in [1.54, 1.807) is 0 Å². The van der Waals surface area contributed by atoms with Gasteiger partial charge in [0.2, 0.25) is 5.91 Å². The number of rotatable bonds is 4. The predicted octanol–water partition coefficient (Wildman–Crippen LogP) is -0.748. The molecule has 0 bridgehead atoms. The minimum atomic E-state index is -0.881. The molecule has 2 atom stereocenters. The summed E-state index contributed by atoms with van der Waals surface area (Å²) >= 11 is 0. The molecule has 0 spiro atoms. The fourth-order valence-corrected chi connectivity index (χ4v) is 2.08. The molecule has 2 saturated heterocycles. The van der Waals surface area contributed by atoms with Gasteiger partial charge in [0.05, 0.1) is 6.10 Å². The maximum Gasteiger partial charge on any atom is 0.220 e. The molecule has 0 aromatic carbocycles. The van der Waals surface area contributed by atoms with Gasteiger partial charge in [0.25, 0.3) is 0 Å². The van der Waals surface area contributed by atoms with Crippen molar-refractivity contribution in [2.75, 3.05) is 26.2 Å². The van der Waals surface area contributed by atoms with E-state index < -0.39 is 5.60 Å². The van der Waals surface area contributed by atoms with E-state index in [1.165, 1.54) is 0 Å². The van der Waals surface area contributed by atoms with Gasteiger partial charge in [-0.05, 0) is 25.9 Å². The summed E-state index contributed by atoms with van der Waals surface area (Å²) in [6.45, 7) is 4.57. The van der Waals surface area contributed by atoms with E-state index in [2.05, 4.69) is 10.6 Å². The fourth-order valence-electron chi connectivity index (χ4n) is 2.08. The summed E-state index contributed by atoms with van der Waals surface area (Å²) in [6, 6.07) is 0. The number of carbonyl (C=O) groups excluding carboxylic acids is 1. The second-order valence-electron chi connectivity index (χ2n) is 4.87. The van der Waals surface area contributed by atoms with Gasteiger partial charge in [-0.1, -0.05) is 0 Å². The maximum absolute atomic E-state index is 11.6. The summed E-state index contributed by atoms with van der Waals surface area (Å²) in [4.78, 5) is 11.6. The molecule has 2 unspecified atom stereocenters. The topological polar surface area (TPSA) is 70.6 Å². The van der Waals surface area contributed by atoms with Crippen LogP contribution < -0.4 is 10.6 Å². The lowest BCUT2D eigenvalue weighted by Crippen LogP contribution is -2.49. The lowest BCUT2D eigenvalue weighted by Gasteiger charge is -2.29. The molecule has 2 aliphatic rings. The SMILES string of the molecule is CC1OCCC1(O)CNC(=O)CC1CNC1. The number of hydrogen-bond acceptors (Lipinski definition) is 4. The Balaban J connectivity index is 1.71. The lowest BCUT2D eigenvalue weighted by atomic mass is 9.95. The molecule has 2 fully saturated rings. The van der Waals surface area contributed by atoms with Gasteiger partial charge < -0.3 is 20.5 Å². The molecule has 5 nitrogen and oxygen atoms in total. The van der Waals surface area contributed by atoms with E-state index >= 15 is 0 Å². The second kappa shape index (κ2) is 4.69. The molecular weight excluding hydrogens is 208 g/mol. The molecule has 2 aliphatic heterocycles. The van der Waals surface area contributed by atoms with Gasteiger partial charge in [0, 0.05) is 26.0 Å². The Morgan fingerprint density at radius 2 is 2.38 bits per heavy atom. The van der Waals surface area contributed by atoms with Gasteiger partial charge in [-0.15, -0.1) is 0 Å². The Bertz CT molecular complexity index is 268. The monoisotopic (exact) mass is 228 g/mol. The van der Waals surface area contributed by atoms with Gasteiger partial charge in [0.1, 0.15) is 5.60 Å². The van der Waals surface area contributed by atoms with Crippen molar-refractivity contribution in [1.82, 2.24) is 10.6 Å². The van der Waals surface area contributed by atoms with Crippen LogP contribution in [-0.4, -0.2) is 49.0 Å². The van der Waals surface area contributed by atoms with Crippen LogP contribution in [0.3, 0.4) is 0 Å². The molecule has 0 aliphatic carbocycles.